The number of nitrogens with zero attached hydrogens (tertiary/aromatic N) is 1. The average Bonchev–Trinajstić information content (AvgIpc) is 2.56. The number of aromatic nitrogens is 1. The number of amides is 1. The fourth-order valence-corrected chi connectivity index (χ4v) is 2.68. The van der Waals surface area contributed by atoms with Crippen LogP contribution in [0.25, 0.3) is 11.1 Å². The fourth-order valence-electron chi connectivity index (χ4n) is 1.98. The van der Waals surface area contributed by atoms with E-state index in [2.05, 4.69) is 10.3 Å². The standard InChI is InChI=1S/C16H14Cl3N5O/c1-22-5-4-12(20)16(25)24-13-3-2-9(15(21)23-13)10-6-8(17)7-11(18)14(10)19/h2-7,20,22H,1H3,(H3,21,23,24,25)/p+1/b5-4-,20-12?. The summed E-state index contributed by atoms with van der Waals surface area (Å²) in [6, 6.07) is 6.35. The Kier molecular flexibility index (Phi) is 6.39. The van der Waals surface area contributed by atoms with Gasteiger partial charge in [0.25, 0.3) is 5.91 Å². The SMILES string of the molecule is C[NH2+]/C=C\C(=N)C(=O)Nc1ccc(-c2cc(Cl)cc(Cl)c2Cl)c(N)n1. The van der Waals surface area contributed by atoms with E-state index in [1.807, 2.05) is 0 Å². The predicted molar refractivity (Wildman–Crippen MR) is 102 cm³/mol. The zero-order chi connectivity index (χ0) is 18.6. The number of nitrogens with one attached hydrogen (secondary N) is 2. The van der Waals surface area contributed by atoms with Crippen LogP contribution in [0.1, 0.15) is 0 Å². The van der Waals surface area contributed by atoms with E-state index in [0.29, 0.717) is 26.2 Å². The number of nitrogens with two attached hydrogens (primary N) is 2. The number of nitrogen functional groups attached to an aromatic ring is 1. The number of pyridine rings is 1. The molecule has 0 saturated carbocycles. The van der Waals surface area contributed by atoms with Crippen LogP contribution in [0, 0.1) is 5.41 Å². The van der Waals surface area contributed by atoms with Gasteiger partial charge in [-0.2, -0.15) is 0 Å². The summed E-state index contributed by atoms with van der Waals surface area (Å²) in [5, 5.41) is 12.9. The molecule has 0 aliphatic carbocycles. The lowest BCUT2D eigenvalue weighted by atomic mass is 10.1. The molecule has 2 aromatic rings. The number of hydrogen-bond acceptors (Lipinski definition) is 4. The highest BCUT2D eigenvalue weighted by molar-refractivity contribution is 6.46. The molecule has 1 amide bonds. The van der Waals surface area contributed by atoms with E-state index in [9.17, 15) is 4.79 Å². The minimum absolute atomic E-state index is 0.141. The van der Waals surface area contributed by atoms with E-state index in [1.165, 1.54) is 12.1 Å². The first-order chi connectivity index (χ1) is 11.8. The summed E-state index contributed by atoms with van der Waals surface area (Å²) < 4.78 is 0. The number of hydrogen-bond donors (Lipinski definition) is 4. The Bertz CT molecular complexity index is 867. The van der Waals surface area contributed by atoms with Crippen LogP contribution >= 0.6 is 34.8 Å². The van der Waals surface area contributed by atoms with Gasteiger partial charge in [0, 0.05) is 22.2 Å². The molecule has 6 nitrogen and oxygen atoms in total. The summed E-state index contributed by atoms with van der Waals surface area (Å²) in [5.41, 5.74) is 6.84. The second kappa shape index (κ2) is 8.31. The van der Waals surface area contributed by atoms with Gasteiger partial charge in [-0.05, 0) is 24.3 Å². The molecule has 1 aromatic heterocycles. The van der Waals surface area contributed by atoms with Crippen LogP contribution in [0.5, 0.6) is 0 Å². The lowest BCUT2D eigenvalue weighted by molar-refractivity contribution is -0.556. The molecule has 130 valence electrons. The largest absolute Gasteiger partial charge is 0.383 e. The van der Waals surface area contributed by atoms with E-state index in [1.54, 1.807) is 36.8 Å². The Morgan fingerprint density at radius 3 is 2.64 bits per heavy atom. The van der Waals surface area contributed by atoms with Gasteiger partial charge >= 0.3 is 0 Å². The van der Waals surface area contributed by atoms with Crippen molar-refractivity contribution in [3.63, 3.8) is 0 Å². The molecular formula is C16H15Cl3N5O+. The maximum absolute atomic E-state index is 11.9. The second-order valence-corrected chi connectivity index (χ2v) is 6.16. The molecule has 0 atom stereocenters. The Morgan fingerprint density at radius 2 is 2.00 bits per heavy atom. The van der Waals surface area contributed by atoms with Gasteiger partial charge in [-0.15, -0.1) is 0 Å². The Hall–Kier alpha value is -2.12. The van der Waals surface area contributed by atoms with Crippen molar-refractivity contribution in [2.45, 2.75) is 0 Å². The molecule has 0 bridgehead atoms. The van der Waals surface area contributed by atoms with Gasteiger partial charge in [0.1, 0.15) is 17.3 Å². The van der Waals surface area contributed by atoms with Gasteiger partial charge in [0.2, 0.25) is 0 Å². The lowest BCUT2D eigenvalue weighted by Gasteiger charge is -2.11. The summed E-state index contributed by atoms with van der Waals surface area (Å²) >= 11 is 18.2. The number of benzene rings is 1. The normalized spacial score (nSPS) is 10.9. The topological polar surface area (TPSA) is 108 Å². The van der Waals surface area contributed by atoms with Crippen molar-refractivity contribution in [1.29, 1.82) is 5.41 Å². The minimum Gasteiger partial charge on any atom is -0.383 e. The van der Waals surface area contributed by atoms with Crippen LogP contribution in [-0.2, 0) is 4.79 Å². The molecule has 25 heavy (non-hydrogen) atoms. The van der Waals surface area contributed by atoms with E-state index in [-0.39, 0.29) is 17.3 Å². The average molecular weight is 400 g/mol. The van der Waals surface area contributed by atoms with E-state index < -0.39 is 5.91 Å². The maximum Gasteiger partial charge on any atom is 0.274 e. The zero-order valence-corrected chi connectivity index (χ0v) is 15.4. The number of carbonyl (C=O) groups excluding carboxylic acids is 1. The first-order valence-corrected chi connectivity index (χ1v) is 8.24. The van der Waals surface area contributed by atoms with Crippen LogP contribution in [0.3, 0.4) is 0 Å². The summed E-state index contributed by atoms with van der Waals surface area (Å²) in [7, 11) is 1.79. The number of anilines is 2. The summed E-state index contributed by atoms with van der Waals surface area (Å²) in [6.45, 7) is 0. The van der Waals surface area contributed by atoms with Gasteiger partial charge < -0.3 is 16.4 Å². The van der Waals surface area contributed by atoms with Crippen molar-refractivity contribution < 1.29 is 10.1 Å². The molecule has 0 unspecified atom stereocenters. The van der Waals surface area contributed by atoms with Gasteiger partial charge in [-0.1, -0.05) is 34.8 Å². The molecule has 1 aromatic carbocycles. The molecule has 9 heteroatoms. The van der Waals surface area contributed by atoms with Crippen molar-refractivity contribution >= 4 is 58.1 Å². The van der Waals surface area contributed by atoms with Crippen LogP contribution in [0.15, 0.2) is 36.5 Å². The molecular weight excluding hydrogens is 385 g/mol. The third-order valence-electron chi connectivity index (χ3n) is 3.15. The van der Waals surface area contributed by atoms with Gasteiger partial charge in [0.15, 0.2) is 0 Å². The molecule has 0 aliphatic rings. The van der Waals surface area contributed by atoms with Gasteiger partial charge in [-0.25, -0.2) is 4.98 Å². The smallest absolute Gasteiger partial charge is 0.274 e. The highest BCUT2D eigenvalue weighted by Gasteiger charge is 2.14. The van der Waals surface area contributed by atoms with Crippen LogP contribution in [-0.4, -0.2) is 23.7 Å². The van der Waals surface area contributed by atoms with Crippen molar-refractivity contribution in [3.05, 3.63) is 51.6 Å². The Labute approximate surface area is 159 Å². The zero-order valence-electron chi connectivity index (χ0n) is 13.1. The maximum atomic E-state index is 11.9. The van der Waals surface area contributed by atoms with E-state index >= 15 is 0 Å². The summed E-state index contributed by atoms with van der Waals surface area (Å²) in [6.07, 6.45) is 2.97. The highest BCUT2D eigenvalue weighted by Crippen LogP contribution is 2.38. The number of carbonyl (C=O) groups is 1. The molecule has 2 rings (SSSR count). The summed E-state index contributed by atoms with van der Waals surface area (Å²) in [5.74, 6) is -0.238. The molecule has 6 N–H and O–H groups in total. The first kappa shape index (κ1) is 19.2. The van der Waals surface area contributed by atoms with Crippen molar-refractivity contribution in [2.24, 2.45) is 0 Å². The first-order valence-electron chi connectivity index (χ1n) is 7.11. The molecule has 1 heterocycles. The molecule has 0 radical (unpaired) electrons. The molecule has 0 spiro atoms. The summed E-state index contributed by atoms with van der Waals surface area (Å²) in [4.78, 5) is 16.0. The molecule has 0 saturated heterocycles. The fraction of sp³-hybridized carbons (Fsp3) is 0.0625. The van der Waals surface area contributed by atoms with E-state index in [0.717, 1.165) is 0 Å². The second-order valence-electron chi connectivity index (χ2n) is 4.94. The van der Waals surface area contributed by atoms with Gasteiger partial charge in [0.05, 0.1) is 23.3 Å². The quantitative estimate of drug-likeness (QED) is 0.458. The van der Waals surface area contributed by atoms with Gasteiger partial charge in [-0.3, -0.25) is 10.2 Å². The number of quaternary nitrogens is 1. The monoisotopic (exact) mass is 398 g/mol. The van der Waals surface area contributed by atoms with Crippen molar-refractivity contribution in [3.8, 4) is 11.1 Å². The Morgan fingerprint density at radius 1 is 1.28 bits per heavy atom. The van der Waals surface area contributed by atoms with Crippen molar-refractivity contribution in [1.82, 2.24) is 4.98 Å². The van der Waals surface area contributed by atoms with Crippen molar-refractivity contribution in [2.75, 3.05) is 18.1 Å². The third kappa shape index (κ3) is 4.70. The van der Waals surface area contributed by atoms with E-state index in [4.69, 9.17) is 45.9 Å². The number of rotatable bonds is 5. The molecule has 0 fully saturated rings. The van der Waals surface area contributed by atoms with Crippen LogP contribution < -0.4 is 16.4 Å². The predicted octanol–water partition coefficient (Wildman–Crippen LogP) is 2.96. The Balaban J connectivity index is 2.29. The molecule has 0 aliphatic heterocycles. The minimum atomic E-state index is -0.596. The van der Waals surface area contributed by atoms with Crippen LogP contribution in [0.4, 0.5) is 11.6 Å². The third-order valence-corrected chi connectivity index (χ3v) is 4.17. The highest BCUT2D eigenvalue weighted by atomic mass is 35.5. The van der Waals surface area contributed by atoms with Crippen LogP contribution in [0.2, 0.25) is 15.1 Å². The number of halogens is 3. The lowest BCUT2D eigenvalue weighted by Crippen LogP contribution is -2.72.